The number of rotatable bonds is 5. The van der Waals surface area contributed by atoms with Gasteiger partial charge in [-0.3, -0.25) is 0 Å². The van der Waals surface area contributed by atoms with Gasteiger partial charge in [0.05, 0.1) is 0 Å². The third kappa shape index (κ3) is 3.46. The predicted octanol–water partition coefficient (Wildman–Crippen LogP) is 2.62. The van der Waals surface area contributed by atoms with E-state index in [1.807, 2.05) is 0 Å². The molecule has 1 aliphatic rings. The fraction of sp³-hybridized carbons (Fsp3) is 1.00. The minimum atomic E-state index is 0.449. The second-order valence-corrected chi connectivity index (χ2v) is 4.97. The lowest BCUT2D eigenvalue weighted by Gasteiger charge is -2.40. The van der Waals surface area contributed by atoms with Crippen LogP contribution in [0.15, 0.2) is 0 Å². The molecule has 2 N–H and O–H groups in total. The Morgan fingerprint density at radius 2 is 2.07 bits per heavy atom. The van der Waals surface area contributed by atoms with Crippen molar-refractivity contribution in [3.05, 3.63) is 0 Å². The highest BCUT2D eigenvalue weighted by Gasteiger charge is 2.28. The van der Waals surface area contributed by atoms with Crippen LogP contribution in [0.4, 0.5) is 0 Å². The summed E-state index contributed by atoms with van der Waals surface area (Å²) in [4.78, 5) is 2.68. The first-order valence-electron chi connectivity index (χ1n) is 6.72. The topological polar surface area (TPSA) is 29.3 Å². The number of hydrogen-bond acceptors (Lipinski definition) is 2. The summed E-state index contributed by atoms with van der Waals surface area (Å²) in [6.45, 7) is 9.33. The van der Waals surface area contributed by atoms with Crippen LogP contribution in [-0.4, -0.2) is 30.1 Å². The van der Waals surface area contributed by atoms with Crippen molar-refractivity contribution in [2.24, 2.45) is 11.7 Å². The van der Waals surface area contributed by atoms with E-state index in [0.29, 0.717) is 6.04 Å². The van der Waals surface area contributed by atoms with Gasteiger partial charge in [-0.2, -0.15) is 0 Å². The van der Waals surface area contributed by atoms with Gasteiger partial charge in [0.2, 0.25) is 0 Å². The molecule has 1 rings (SSSR count). The van der Waals surface area contributed by atoms with Crippen molar-refractivity contribution in [1.29, 1.82) is 0 Å². The van der Waals surface area contributed by atoms with E-state index in [9.17, 15) is 0 Å². The molecule has 1 heterocycles. The fourth-order valence-corrected chi connectivity index (χ4v) is 2.82. The summed E-state index contributed by atoms with van der Waals surface area (Å²) in [5.74, 6) is 0.727. The van der Waals surface area contributed by atoms with E-state index >= 15 is 0 Å². The van der Waals surface area contributed by atoms with Gasteiger partial charge >= 0.3 is 0 Å². The molecule has 1 fully saturated rings. The predicted molar refractivity (Wildman–Crippen MR) is 66.9 cm³/mol. The SMILES string of the molecule is CCCC(CC)N1CCC(N)C(CC)C1. The number of hydrogen-bond donors (Lipinski definition) is 1. The van der Waals surface area contributed by atoms with E-state index in [-0.39, 0.29) is 0 Å². The summed E-state index contributed by atoms with van der Waals surface area (Å²) in [5, 5.41) is 0. The Morgan fingerprint density at radius 3 is 2.60 bits per heavy atom. The number of piperidine rings is 1. The van der Waals surface area contributed by atoms with Crippen LogP contribution in [0.5, 0.6) is 0 Å². The summed E-state index contributed by atoms with van der Waals surface area (Å²) in [6.07, 6.45) is 6.37. The second-order valence-electron chi connectivity index (χ2n) is 4.97. The van der Waals surface area contributed by atoms with Crippen LogP contribution in [-0.2, 0) is 0 Å². The third-order valence-corrected chi connectivity index (χ3v) is 3.96. The van der Waals surface area contributed by atoms with E-state index in [4.69, 9.17) is 5.73 Å². The largest absolute Gasteiger partial charge is 0.327 e. The van der Waals surface area contributed by atoms with Crippen LogP contribution in [0.2, 0.25) is 0 Å². The van der Waals surface area contributed by atoms with Crippen molar-refractivity contribution in [2.75, 3.05) is 13.1 Å². The Kier molecular flexibility index (Phi) is 5.62. The molecule has 0 saturated carbocycles. The average Bonchev–Trinajstić information content (AvgIpc) is 2.27. The van der Waals surface area contributed by atoms with Crippen molar-refractivity contribution in [3.63, 3.8) is 0 Å². The minimum absolute atomic E-state index is 0.449. The Labute approximate surface area is 95.2 Å². The fourth-order valence-electron chi connectivity index (χ4n) is 2.82. The Bertz CT molecular complexity index is 170. The van der Waals surface area contributed by atoms with Crippen molar-refractivity contribution in [1.82, 2.24) is 4.90 Å². The molecule has 0 aromatic heterocycles. The van der Waals surface area contributed by atoms with Gasteiger partial charge < -0.3 is 10.6 Å². The summed E-state index contributed by atoms with van der Waals surface area (Å²) in [5.41, 5.74) is 6.14. The smallest absolute Gasteiger partial charge is 0.00926 e. The monoisotopic (exact) mass is 212 g/mol. The zero-order chi connectivity index (χ0) is 11.3. The lowest BCUT2D eigenvalue weighted by molar-refractivity contribution is 0.0986. The second kappa shape index (κ2) is 6.49. The van der Waals surface area contributed by atoms with Gasteiger partial charge in [0.15, 0.2) is 0 Å². The van der Waals surface area contributed by atoms with Crippen molar-refractivity contribution < 1.29 is 0 Å². The van der Waals surface area contributed by atoms with E-state index < -0.39 is 0 Å². The Hall–Kier alpha value is -0.0800. The van der Waals surface area contributed by atoms with Gasteiger partial charge in [-0.05, 0) is 31.7 Å². The number of nitrogens with two attached hydrogens (primary N) is 1. The third-order valence-electron chi connectivity index (χ3n) is 3.96. The number of likely N-dealkylation sites (tertiary alicyclic amines) is 1. The normalized spacial score (nSPS) is 30.4. The van der Waals surface area contributed by atoms with Gasteiger partial charge in [-0.15, -0.1) is 0 Å². The molecule has 0 aliphatic carbocycles. The van der Waals surface area contributed by atoms with Gasteiger partial charge in [0.25, 0.3) is 0 Å². The summed E-state index contributed by atoms with van der Waals surface area (Å²) in [6, 6.07) is 1.25. The highest BCUT2D eigenvalue weighted by Crippen LogP contribution is 2.23. The molecule has 3 unspecified atom stereocenters. The molecule has 0 aromatic rings. The van der Waals surface area contributed by atoms with Crippen LogP contribution >= 0.6 is 0 Å². The average molecular weight is 212 g/mol. The highest BCUT2D eigenvalue weighted by molar-refractivity contribution is 4.85. The Morgan fingerprint density at radius 1 is 1.33 bits per heavy atom. The van der Waals surface area contributed by atoms with Gasteiger partial charge in [0, 0.05) is 18.6 Å². The lowest BCUT2D eigenvalue weighted by atomic mass is 9.89. The van der Waals surface area contributed by atoms with Crippen LogP contribution in [0.25, 0.3) is 0 Å². The molecule has 15 heavy (non-hydrogen) atoms. The first kappa shape index (κ1) is 13.0. The first-order valence-corrected chi connectivity index (χ1v) is 6.72. The zero-order valence-corrected chi connectivity index (χ0v) is 10.7. The molecule has 1 aliphatic heterocycles. The van der Waals surface area contributed by atoms with Crippen molar-refractivity contribution in [3.8, 4) is 0 Å². The molecular weight excluding hydrogens is 184 g/mol. The van der Waals surface area contributed by atoms with E-state index in [2.05, 4.69) is 25.7 Å². The van der Waals surface area contributed by atoms with Crippen LogP contribution in [0.1, 0.15) is 52.9 Å². The molecule has 1 saturated heterocycles. The molecule has 0 aromatic carbocycles. The molecule has 90 valence electrons. The maximum Gasteiger partial charge on any atom is 0.00926 e. The molecule has 3 atom stereocenters. The molecule has 0 amide bonds. The zero-order valence-electron chi connectivity index (χ0n) is 10.7. The molecule has 0 bridgehead atoms. The highest BCUT2D eigenvalue weighted by atomic mass is 15.2. The molecule has 0 radical (unpaired) electrons. The van der Waals surface area contributed by atoms with E-state index in [1.165, 1.54) is 45.2 Å². The summed E-state index contributed by atoms with van der Waals surface area (Å²) in [7, 11) is 0. The summed E-state index contributed by atoms with van der Waals surface area (Å²) >= 11 is 0. The molecule has 0 spiro atoms. The van der Waals surface area contributed by atoms with Crippen LogP contribution in [0.3, 0.4) is 0 Å². The van der Waals surface area contributed by atoms with Gasteiger partial charge in [-0.1, -0.05) is 33.6 Å². The maximum atomic E-state index is 6.14. The van der Waals surface area contributed by atoms with Gasteiger partial charge in [-0.25, -0.2) is 0 Å². The van der Waals surface area contributed by atoms with E-state index in [0.717, 1.165) is 12.0 Å². The quantitative estimate of drug-likeness (QED) is 0.759. The first-order chi connectivity index (χ1) is 7.22. The minimum Gasteiger partial charge on any atom is -0.327 e. The van der Waals surface area contributed by atoms with Gasteiger partial charge in [0.1, 0.15) is 0 Å². The van der Waals surface area contributed by atoms with Crippen LogP contribution < -0.4 is 5.73 Å². The van der Waals surface area contributed by atoms with Crippen molar-refractivity contribution in [2.45, 2.75) is 65.0 Å². The maximum absolute atomic E-state index is 6.14. The lowest BCUT2D eigenvalue weighted by Crippen LogP contribution is -2.50. The molecule has 2 nitrogen and oxygen atoms in total. The summed E-state index contributed by atoms with van der Waals surface area (Å²) < 4.78 is 0. The van der Waals surface area contributed by atoms with E-state index in [1.54, 1.807) is 0 Å². The van der Waals surface area contributed by atoms with Crippen molar-refractivity contribution >= 4 is 0 Å². The number of nitrogens with zero attached hydrogens (tertiary/aromatic N) is 1. The van der Waals surface area contributed by atoms with Crippen LogP contribution in [0, 0.1) is 5.92 Å². The molecular formula is C13H28N2. The Balaban J connectivity index is 2.48. The standard InChI is InChI=1S/C13H28N2/c1-4-7-12(6-3)15-9-8-13(14)11(5-2)10-15/h11-13H,4-10,14H2,1-3H3. The molecule has 2 heteroatoms.